The fourth-order valence-electron chi connectivity index (χ4n) is 3.13. The first-order chi connectivity index (χ1) is 9.81. The summed E-state index contributed by atoms with van der Waals surface area (Å²) >= 11 is 0. The molecule has 0 aliphatic carbocycles. The van der Waals surface area contributed by atoms with Crippen LogP contribution < -0.4 is 10.6 Å². The van der Waals surface area contributed by atoms with Gasteiger partial charge in [-0.15, -0.1) is 0 Å². The van der Waals surface area contributed by atoms with Crippen LogP contribution in [0.15, 0.2) is 6.20 Å². The van der Waals surface area contributed by atoms with E-state index in [9.17, 15) is 4.79 Å². The molecule has 20 heavy (non-hydrogen) atoms. The van der Waals surface area contributed by atoms with E-state index in [1.807, 2.05) is 0 Å². The zero-order chi connectivity index (χ0) is 13.8. The van der Waals surface area contributed by atoms with Gasteiger partial charge in [-0.2, -0.15) is 0 Å². The van der Waals surface area contributed by atoms with E-state index >= 15 is 0 Å². The highest BCUT2D eigenvalue weighted by atomic mass is 16.1. The number of carbonyl (C=O) groups is 1. The van der Waals surface area contributed by atoms with E-state index in [4.69, 9.17) is 0 Å². The normalized spacial score (nSPS) is 21.7. The summed E-state index contributed by atoms with van der Waals surface area (Å²) in [7, 11) is 0. The number of imidazole rings is 1. The highest BCUT2D eigenvalue weighted by Gasteiger charge is 2.16. The van der Waals surface area contributed by atoms with Gasteiger partial charge in [0.15, 0.2) is 0 Å². The van der Waals surface area contributed by atoms with Crippen LogP contribution in [0.25, 0.3) is 0 Å². The van der Waals surface area contributed by atoms with Crippen molar-refractivity contribution < 1.29 is 4.79 Å². The van der Waals surface area contributed by atoms with Gasteiger partial charge >= 0.3 is 0 Å². The molecule has 2 aliphatic rings. The molecule has 110 valence electrons. The molecular formula is C15H24N4O. The molecule has 0 bridgehead atoms. The average molecular weight is 276 g/mol. The lowest BCUT2D eigenvalue weighted by Gasteiger charge is -2.11. The third kappa shape index (κ3) is 3.39. The SMILES string of the molecule is O=C(CCC1CCNC1)NCc1cn2c(n1)CCCC2. The summed E-state index contributed by atoms with van der Waals surface area (Å²) in [5.74, 6) is 2.01. The first-order valence-corrected chi connectivity index (χ1v) is 7.83. The second-order valence-electron chi connectivity index (χ2n) is 5.97. The molecular weight excluding hydrogens is 252 g/mol. The van der Waals surface area contributed by atoms with Gasteiger partial charge in [-0.05, 0) is 44.7 Å². The van der Waals surface area contributed by atoms with E-state index in [0.29, 0.717) is 18.9 Å². The van der Waals surface area contributed by atoms with Crippen LogP contribution in [-0.4, -0.2) is 28.5 Å². The molecule has 1 fully saturated rings. The Hall–Kier alpha value is -1.36. The second kappa shape index (κ2) is 6.39. The minimum absolute atomic E-state index is 0.155. The number of rotatable bonds is 5. The summed E-state index contributed by atoms with van der Waals surface area (Å²) in [5.41, 5.74) is 0.998. The van der Waals surface area contributed by atoms with Crippen LogP contribution >= 0.6 is 0 Å². The predicted octanol–water partition coefficient (Wildman–Crippen LogP) is 1.23. The predicted molar refractivity (Wildman–Crippen MR) is 77.2 cm³/mol. The lowest BCUT2D eigenvalue weighted by atomic mass is 10.0. The molecule has 5 nitrogen and oxygen atoms in total. The number of amides is 1. The number of hydrogen-bond acceptors (Lipinski definition) is 3. The molecule has 5 heteroatoms. The maximum atomic E-state index is 11.9. The number of carbonyl (C=O) groups excluding carboxylic acids is 1. The molecule has 0 radical (unpaired) electrons. The van der Waals surface area contributed by atoms with Crippen LogP contribution in [0.1, 0.15) is 43.6 Å². The molecule has 1 aromatic heterocycles. The molecule has 1 amide bonds. The van der Waals surface area contributed by atoms with E-state index in [-0.39, 0.29) is 5.91 Å². The summed E-state index contributed by atoms with van der Waals surface area (Å²) in [6.45, 7) is 3.82. The third-order valence-corrected chi connectivity index (χ3v) is 4.37. The third-order valence-electron chi connectivity index (χ3n) is 4.37. The molecule has 0 aromatic carbocycles. The van der Waals surface area contributed by atoms with Gasteiger partial charge in [-0.1, -0.05) is 0 Å². The summed E-state index contributed by atoms with van der Waals surface area (Å²) in [6.07, 6.45) is 8.49. The molecule has 1 aromatic rings. The first kappa shape index (κ1) is 13.6. The molecule has 0 saturated carbocycles. The number of aromatic nitrogens is 2. The Kier molecular flexibility index (Phi) is 4.35. The number of aryl methyl sites for hydroxylation is 2. The van der Waals surface area contributed by atoms with Gasteiger partial charge in [0.25, 0.3) is 0 Å². The largest absolute Gasteiger partial charge is 0.350 e. The quantitative estimate of drug-likeness (QED) is 0.850. The Bertz CT molecular complexity index is 439. The van der Waals surface area contributed by atoms with Gasteiger partial charge in [-0.3, -0.25) is 4.79 Å². The van der Waals surface area contributed by atoms with Gasteiger partial charge < -0.3 is 15.2 Å². The zero-order valence-electron chi connectivity index (χ0n) is 12.0. The summed E-state index contributed by atoms with van der Waals surface area (Å²) in [6, 6.07) is 0. The van der Waals surface area contributed by atoms with Crippen molar-refractivity contribution in [1.82, 2.24) is 20.2 Å². The smallest absolute Gasteiger partial charge is 0.220 e. The van der Waals surface area contributed by atoms with Crippen LogP contribution in [0, 0.1) is 5.92 Å². The van der Waals surface area contributed by atoms with Gasteiger partial charge in [-0.25, -0.2) is 4.98 Å². The van der Waals surface area contributed by atoms with Crippen molar-refractivity contribution in [2.75, 3.05) is 13.1 Å². The van der Waals surface area contributed by atoms with Crippen molar-refractivity contribution in [3.8, 4) is 0 Å². The number of hydrogen-bond donors (Lipinski definition) is 2. The van der Waals surface area contributed by atoms with Crippen molar-refractivity contribution >= 4 is 5.91 Å². The lowest BCUT2D eigenvalue weighted by Crippen LogP contribution is -2.23. The van der Waals surface area contributed by atoms with E-state index in [2.05, 4.69) is 26.4 Å². The lowest BCUT2D eigenvalue weighted by molar-refractivity contribution is -0.121. The number of nitrogens with zero attached hydrogens (tertiary/aromatic N) is 2. The minimum atomic E-state index is 0.155. The first-order valence-electron chi connectivity index (χ1n) is 7.83. The van der Waals surface area contributed by atoms with Crippen molar-refractivity contribution in [3.05, 3.63) is 17.7 Å². The van der Waals surface area contributed by atoms with Crippen molar-refractivity contribution in [1.29, 1.82) is 0 Å². The summed E-state index contributed by atoms with van der Waals surface area (Å²) in [5, 5.41) is 6.33. The fraction of sp³-hybridized carbons (Fsp3) is 0.733. The summed E-state index contributed by atoms with van der Waals surface area (Å²) in [4.78, 5) is 16.4. The molecule has 2 N–H and O–H groups in total. The monoisotopic (exact) mass is 276 g/mol. The van der Waals surface area contributed by atoms with Crippen LogP contribution in [-0.2, 0) is 24.3 Å². The van der Waals surface area contributed by atoms with E-state index in [0.717, 1.165) is 38.2 Å². The van der Waals surface area contributed by atoms with Crippen molar-refractivity contribution in [3.63, 3.8) is 0 Å². The maximum absolute atomic E-state index is 11.9. The topological polar surface area (TPSA) is 59.0 Å². The number of fused-ring (bicyclic) bond motifs is 1. The number of nitrogens with one attached hydrogen (secondary N) is 2. The molecule has 3 rings (SSSR count). The highest BCUT2D eigenvalue weighted by Crippen LogP contribution is 2.15. The Morgan fingerprint density at radius 3 is 3.25 bits per heavy atom. The summed E-state index contributed by atoms with van der Waals surface area (Å²) < 4.78 is 2.23. The Balaban J connectivity index is 1.41. The maximum Gasteiger partial charge on any atom is 0.220 e. The van der Waals surface area contributed by atoms with Crippen LogP contribution in [0.2, 0.25) is 0 Å². The molecule has 0 spiro atoms. The minimum Gasteiger partial charge on any atom is -0.350 e. The average Bonchev–Trinajstić information content (AvgIpc) is 3.11. The van der Waals surface area contributed by atoms with Crippen molar-refractivity contribution in [2.24, 2.45) is 5.92 Å². The van der Waals surface area contributed by atoms with E-state index in [1.54, 1.807) is 0 Å². The molecule has 3 heterocycles. The van der Waals surface area contributed by atoms with Crippen LogP contribution in [0.3, 0.4) is 0 Å². The fourth-order valence-corrected chi connectivity index (χ4v) is 3.13. The van der Waals surface area contributed by atoms with Gasteiger partial charge in [0.05, 0.1) is 12.2 Å². The Morgan fingerprint density at radius 2 is 2.45 bits per heavy atom. The highest BCUT2D eigenvalue weighted by molar-refractivity contribution is 5.75. The van der Waals surface area contributed by atoms with Gasteiger partial charge in [0, 0.05) is 25.6 Å². The van der Waals surface area contributed by atoms with Crippen LogP contribution in [0.4, 0.5) is 0 Å². The Morgan fingerprint density at radius 1 is 1.50 bits per heavy atom. The van der Waals surface area contributed by atoms with Gasteiger partial charge in [0.1, 0.15) is 5.82 Å². The van der Waals surface area contributed by atoms with E-state index in [1.165, 1.54) is 25.1 Å². The van der Waals surface area contributed by atoms with Crippen LogP contribution in [0.5, 0.6) is 0 Å². The van der Waals surface area contributed by atoms with Gasteiger partial charge in [0.2, 0.25) is 5.91 Å². The molecule has 1 saturated heterocycles. The molecule has 2 aliphatic heterocycles. The molecule has 1 unspecified atom stereocenters. The molecule has 1 atom stereocenters. The van der Waals surface area contributed by atoms with E-state index < -0.39 is 0 Å². The standard InChI is InChI=1S/C15H24N4O/c20-15(5-4-12-6-7-16-9-12)17-10-13-11-19-8-2-1-3-14(19)18-13/h11-12,16H,1-10H2,(H,17,20). The second-order valence-corrected chi connectivity index (χ2v) is 5.97. The Labute approximate surface area is 120 Å². The zero-order valence-corrected chi connectivity index (χ0v) is 12.0. The van der Waals surface area contributed by atoms with Crippen molar-refractivity contribution in [2.45, 2.75) is 51.6 Å².